The molecule has 0 unspecified atom stereocenters. The topological polar surface area (TPSA) is 32.3 Å². The summed E-state index contributed by atoms with van der Waals surface area (Å²) in [5, 5.41) is 1.14. The summed E-state index contributed by atoms with van der Waals surface area (Å²) in [6, 6.07) is 4.51. The van der Waals surface area contributed by atoms with Gasteiger partial charge in [0.2, 0.25) is 0 Å². The summed E-state index contributed by atoms with van der Waals surface area (Å²) in [6.07, 6.45) is 1.96. The van der Waals surface area contributed by atoms with Gasteiger partial charge in [0.15, 0.2) is 0 Å². The fourth-order valence-corrected chi connectivity index (χ4v) is 3.25. The quantitative estimate of drug-likeness (QED) is 0.847. The van der Waals surface area contributed by atoms with Gasteiger partial charge in [0, 0.05) is 31.7 Å². The van der Waals surface area contributed by atoms with Crippen LogP contribution >= 0.6 is 11.3 Å². The maximum absolute atomic E-state index is 4.66. The summed E-state index contributed by atoms with van der Waals surface area (Å²) in [7, 11) is 6.14. The second kappa shape index (κ2) is 6.54. The lowest BCUT2D eigenvalue weighted by Crippen LogP contribution is -2.23. The van der Waals surface area contributed by atoms with Gasteiger partial charge in [-0.1, -0.05) is 6.07 Å². The molecule has 0 amide bonds. The lowest BCUT2D eigenvalue weighted by Gasteiger charge is -2.24. The van der Waals surface area contributed by atoms with E-state index in [-0.39, 0.29) is 0 Å². The third-order valence-corrected chi connectivity index (χ3v) is 4.60. The minimum absolute atomic E-state index is 0.309. The van der Waals surface area contributed by atoms with Crippen LogP contribution in [-0.4, -0.2) is 36.0 Å². The molecule has 0 aromatic carbocycles. The van der Waals surface area contributed by atoms with Crippen molar-refractivity contribution in [2.45, 2.75) is 33.4 Å². The molecule has 0 fully saturated rings. The molecule has 2 aromatic rings. The van der Waals surface area contributed by atoms with E-state index in [9.17, 15) is 0 Å². The SMILES string of the molecule is Cc1nc([C@@H](C)N(C)Cc2ccc(N(C)C)nc2)c(C)s1. The number of aryl methyl sites for hydroxylation is 2. The lowest BCUT2D eigenvalue weighted by atomic mass is 10.1. The van der Waals surface area contributed by atoms with Crippen LogP contribution < -0.4 is 4.90 Å². The number of aromatic nitrogens is 2. The van der Waals surface area contributed by atoms with E-state index in [1.54, 1.807) is 11.3 Å². The first-order valence-electron chi connectivity index (χ1n) is 7.15. The Bertz CT molecular complexity index is 589. The zero-order valence-electron chi connectivity index (χ0n) is 13.7. The van der Waals surface area contributed by atoms with Crippen molar-refractivity contribution in [3.8, 4) is 0 Å². The number of rotatable bonds is 5. The predicted octanol–water partition coefficient (Wildman–Crippen LogP) is 3.41. The van der Waals surface area contributed by atoms with E-state index in [0.29, 0.717) is 6.04 Å². The minimum Gasteiger partial charge on any atom is -0.363 e. The van der Waals surface area contributed by atoms with Gasteiger partial charge in [-0.05, 0) is 39.4 Å². The molecule has 0 aliphatic heterocycles. The number of hydrogen-bond donors (Lipinski definition) is 0. The number of nitrogens with zero attached hydrogens (tertiary/aromatic N) is 4. The molecule has 5 heteroatoms. The number of pyridine rings is 1. The molecular formula is C16H24N4S. The number of anilines is 1. The normalized spacial score (nSPS) is 12.7. The molecule has 2 rings (SSSR count). The highest BCUT2D eigenvalue weighted by atomic mass is 32.1. The molecule has 0 aliphatic carbocycles. The summed E-state index contributed by atoms with van der Waals surface area (Å²) >= 11 is 1.77. The van der Waals surface area contributed by atoms with Crippen molar-refractivity contribution in [1.29, 1.82) is 0 Å². The highest BCUT2D eigenvalue weighted by Crippen LogP contribution is 2.26. The van der Waals surface area contributed by atoms with Gasteiger partial charge >= 0.3 is 0 Å². The molecule has 2 aromatic heterocycles. The van der Waals surface area contributed by atoms with Crippen LogP contribution in [0, 0.1) is 13.8 Å². The maximum atomic E-state index is 4.66. The van der Waals surface area contributed by atoms with Crippen molar-refractivity contribution >= 4 is 17.2 Å². The van der Waals surface area contributed by atoms with Crippen LogP contribution in [0.4, 0.5) is 5.82 Å². The fraction of sp³-hybridized carbons (Fsp3) is 0.500. The monoisotopic (exact) mass is 304 g/mol. The molecule has 0 saturated carbocycles. The Kier molecular flexibility index (Phi) is 4.96. The van der Waals surface area contributed by atoms with Gasteiger partial charge in [0.25, 0.3) is 0 Å². The van der Waals surface area contributed by atoms with Crippen LogP contribution in [0.5, 0.6) is 0 Å². The second-order valence-electron chi connectivity index (χ2n) is 5.68. The van der Waals surface area contributed by atoms with E-state index in [1.807, 2.05) is 25.2 Å². The van der Waals surface area contributed by atoms with Gasteiger partial charge in [-0.3, -0.25) is 4.90 Å². The van der Waals surface area contributed by atoms with Crippen LogP contribution in [0.2, 0.25) is 0 Å². The standard InChI is InChI=1S/C16H24N4S/c1-11(16-12(2)21-13(3)18-16)20(6)10-14-7-8-15(17-9-14)19(4)5/h7-9,11H,10H2,1-6H3/t11-/m1/s1. The van der Waals surface area contributed by atoms with Gasteiger partial charge in [0.05, 0.1) is 16.7 Å². The minimum atomic E-state index is 0.309. The first-order valence-corrected chi connectivity index (χ1v) is 7.96. The summed E-state index contributed by atoms with van der Waals surface area (Å²) in [5.41, 5.74) is 2.41. The van der Waals surface area contributed by atoms with Crippen molar-refractivity contribution in [3.63, 3.8) is 0 Å². The Balaban J connectivity index is 2.06. The summed E-state index contributed by atoms with van der Waals surface area (Å²) < 4.78 is 0. The summed E-state index contributed by atoms with van der Waals surface area (Å²) in [4.78, 5) is 14.8. The first-order chi connectivity index (χ1) is 9.88. The van der Waals surface area contributed by atoms with E-state index < -0.39 is 0 Å². The molecule has 4 nitrogen and oxygen atoms in total. The second-order valence-corrected chi connectivity index (χ2v) is 7.09. The molecule has 0 radical (unpaired) electrons. The van der Waals surface area contributed by atoms with Crippen molar-refractivity contribution in [2.24, 2.45) is 0 Å². The van der Waals surface area contributed by atoms with Gasteiger partial charge in [0.1, 0.15) is 5.82 Å². The predicted molar refractivity (Wildman–Crippen MR) is 90.0 cm³/mol. The van der Waals surface area contributed by atoms with Gasteiger partial charge in [-0.15, -0.1) is 11.3 Å². The third-order valence-electron chi connectivity index (χ3n) is 3.70. The first kappa shape index (κ1) is 15.9. The zero-order chi connectivity index (χ0) is 15.6. The van der Waals surface area contributed by atoms with Crippen LogP contribution in [0.3, 0.4) is 0 Å². The van der Waals surface area contributed by atoms with Crippen molar-refractivity contribution in [1.82, 2.24) is 14.9 Å². The van der Waals surface area contributed by atoms with Gasteiger partial charge < -0.3 is 4.90 Å². The number of hydrogen-bond acceptors (Lipinski definition) is 5. The lowest BCUT2D eigenvalue weighted by molar-refractivity contribution is 0.248. The largest absolute Gasteiger partial charge is 0.363 e. The van der Waals surface area contributed by atoms with Gasteiger partial charge in [-0.2, -0.15) is 0 Å². The molecule has 21 heavy (non-hydrogen) atoms. The summed E-state index contributed by atoms with van der Waals surface area (Å²) in [6.45, 7) is 7.30. The molecular weight excluding hydrogens is 280 g/mol. The molecule has 0 aliphatic rings. The molecule has 114 valence electrons. The molecule has 0 N–H and O–H groups in total. The van der Waals surface area contributed by atoms with Crippen molar-refractivity contribution in [2.75, 3.05) is 26.0 Å². The Morgan fingerprint density at radius 2 is 1.90 bits per heavy atom. The Morgan fingerprint density at radius 3 is 2.38 bits per heavy atom. The van der Waals surface area contributed by atoms with Crippen LogP contribution in [-0.2, 0) is 6.54 Å². The van der Waals surface area contributed by atoms with Crippen molar-refractivity contribution in [3.05, 3.63) is 39.5 Å². The van der Waals surface area contributed by atoms with E-state index in [0.717, 1.165) is 17.4 Å². The van der Waals surface area contributed by atoms with E-state index >= 15 is 0 Å². The Morgan fingerprint density at radius 1 is 1.19 bits per heavy atom. The maximum Gasteiger partial charge on any atom is 0.127 e. The van der Waals surface area contributed by atoms with Gasteiger partial charge in [-0.25, -0.2) is 9.97 Å². The molecule has 0 saturated heterocycles. The molecule has 0 spiro atoms. The van der Waals surface area contributed by atoms with E-state index in [2.05, 4.69) is 54.8 Å². The average Bonchev–Trinajstić information content (AvgIpc) is 2.77. The number of thiazole rings is 1. The van der Waals surface area contributed by atoms with E-state index in [1.165, 1.54) is 16.1 Å². The van der Waals surface area contributed by atoms with Crippen LogP contribution in [0.1, 0.15) is 34.1 Å². The zero-order valence-corrected chi connectivity index (χ0v) is 14.5. The fourth-order valence-electron chi connectivity index (χ4n) is 2.34. The smallest absolute Gasteiger partial charge is 0.127 e. The average molecular weight is 304 g/mol. The van der Waals surface area contributed by atoms with Crippen LogP contribution in [0.25, 0.3) is 0 Å². The summed E-state index contributed by atoms with van der Waals surface area (Å²) in [5.74, 6) is 0.987. The molecule has 1 atom stereocenters. The Hall–Kier alpha value is -1.46. The molecule has 0 bridgehead atoms. The van der Waals surface area contributed by atoms with E-state index in [4.69, 9.17) is 0 Å². The molecule has 2 heterocycles. The van der Waals surface area contributed by atoms with Crippen LogP contribution in [0.15, 0.2) is 18.3 Å². The highest BCUT2D eigenvalue weighted by molar-refractivity contribution is 7.11. The van der Waals surface area contributed by atoms with Crippen molar-refractivity contribution < 1.29 is 0 Å². The Labute approximate surface area is 131 Å². The highest BCUT2D eigenvalue weighted by Gasteiger charge is 2.17. The third kappa shape index (κ3) is 3.80.